The van der Waals surface area contributed by atoms with Gasteiger partial charge in [-0.25, -0.2) is 4.79 Å². The SMILES string of the molecule is COc1ccc(NC(=O)COC(=O)[C@H]2CCCN2C(=O)c2cccs2)cc1. The van der Waals surface area contributed by atoms with E-state index >= 15 is 0 Å². The largest absolute Gasteiger partial charge is 0.497 e. The van der Waals surface area contributed by atoms with Crippen LogP contribution < -0.4 is 10.1 Å². The van der Waals surface area contributed by atoms with E-state index < -0.39 is 24.5 Å². The number of methoxy groups -OCH3 is 1. The highest BCUT2D eigenvalue weighted by molar-refractivity contribution is 7.12. The van der Waals surface area contributed by atoms with E-state index in [1.807, 2.05) is 5.38 Å². The van der Waals surface area contributed by atoms with Crippen molar-refractivity contribution in [3.63, 3.8) is 0 Å². The molecular formula is C19H20N2O5S. The fourth-order valence-electron chi connectivity index (χ4n) is 2.90. The predicted molar refractivity (Wildman–Crippen MR) is 101 cm³/mol. The average molecular weight is 388 g/mol. The molecule has 27 heavy (non-hydrogen) atoms. The summed E-state index contributed by atoms with van der Waals surface area (Å²) in [6.07, 6.45) is 1.27. The number of nitrogens with one attached hydrogen (secondary N) is 1. The summed E-state index contributed by atoms with van der Waals surface area (Å²) < 4.78 is 10.2. The van der Waals surface area contributed by atoms with Gasteiger partial charge in [-0.2, -0.15) is 0 Å². The van der Waals surface area contributed by atoms with Crippen LogP contribution in [0, 0.1) is 0 Å². The number of ether oxygens (including phenoxy) is 2. The van der Waals surface area contributed by atoms with Gasteiger partial charge in [0.2, 0.25) is 0 Å². The second kappa shape index (κ2) is 8.68. The van der Waals surface area contributed by atoms with Gasteiger partial charge in [0.1, 0.15) is 11.8 Å². The molecule has 1 aromatic carbocycles. The Hall–Kier alpha value is -2.87. The molecule has 0 radical (unpaired) electrons. The van der Waals surface area contributed by atoms with Crippen molar-refractivity contribution in [1.82, 2.24) is 4.90 Å². The second-order valence-electron chi connectivity index (χ2n) is 6.02. The van der Waals surface area contributed by atoms with E-state index in [0.717, 1.165) is 6.42 Å². The monoisotopic (exact) mass is 388 g/mol. The lowest BCUT2D eigenvalue weighted by Crippen LogP contribution is -2.41. The van der Waals surface area contributed by atoms with Gasteiger partial charge in [0.25, 0.3) is 11.8 Å². The molecule has 8 heteroatoms. The van der Waals surface area contributed by atoms with Crippen LogP contribution in [-0.2, 0) is 14.3 Å². The van der Waals surface area contributed by atoms with E-state index in [2.05, 4.69) is 5.32 Å². The number of rotatable bonds is 6. The predicted octanol–water partition coefficient (Wildman–Crippen LogP) is 2.54. The molecular weight excluding hydrogens is 368 g/mol. The topological polar surface area (TPSA) is 84.9 Å². The van der Waals surface area contributed by atoms with Crippen molar-refractivity contribution >= 4 is 34.8 Å². The molecule has 142 valence electrons. The van der Waals surface area contributed by atoms with Crippen LogP contribution in [0.5, 0.6) is 5.75 Å². The number of hydrogen-bond acceptors (Lipinski definition) is 6. The Bertz CT molecular complexity index is 804. The number of benzene rings is 1. The quantitative estimate of drug-likeness (QED) is 0.769. The minimum absolute atomic E-state index is 0.174. The Kier molecular flexibility index (Phi) is 6.08. The van der Waals surface area contributed by atoms with Crippen LogP contribution in [0.1, 0.15) is 22.5 Å². The van der Waals surface area contributed by atoms with Crippen LogP contribution in [0.2, 0.25) is 0 Å². The van der Waals surface area contributed by atoms with Gasteiger partial charge in [-0.1, -0.05) is 6.07 Å². The number of esters is 1. The molecule has 0 spiro atoms. The summed E-state index contributed by atoms with van der Waals surface area (Å²) in [6.45, 7) is 0.108. The Morgan fingerprint density at radius 2 is 2.00 bits per heavy atom. The van der Waals surface area contributed by atoms with Gasteiger partial charge in [-0.05, 0) is 48.6 Å². The molecule has 0 saturated carbocycles. The van der Waals surface area contributed by atoms with Crippen LogP contribution in [0.15, 0.2) is 41.8 Å². The first kappa shape index (κ1) is 18.9. The van der Waals surface area contributed by atoms with Gasteiger partial charge < -0.3 is 19.7 Å². The Morgan fingerprint density at radius 1 is 1.22 bits per heavy atom. The number of thiophene rings is 1. The highest BCUT2D eigenvalue weighted by Crippen LogP contribution is 2.23. The van der Waals surface area contributed by atoms with Gasteiger partial charge in [0, 0.05) is 12.2 Å². The van der Waals surface area contributed by atoms with Crippen LogP contribution in [0.3, 0.4) is 0 Å². The molecule has 7 nitrogen and oxygen atoms in total. The molecule has 1 fully saturated rings. The third-order valence-corrected chi connectivity index (χ3v) is 5.09. The Balaban J connectivity index is 1.51. The Labute approximate surface area is 160 Å². The van der Waals surface area contributed by atoms with E-state index in [4.69, 9.17) is 9.47 Å². The summed E-state index contributed by atoms with van der Waals surface area (Å²) in [7, 11) is 1.56. The summed E-state index contributed by atoms with van der Waals surface area (Å²) >= 11 is 1.34. The highest BCUT2D eigenvalue weighted by Gasteiger charge is 2.36. The number of anilines is 1. The van der Waals surface area contributed by atoms with Crippen LogP contribution in [0.25, 0.3) is 0 Å². The molecule has 3 rings (SSSR count). The van der Waals surface area contributed by atoms with Gasteiger partial charge >= 0.3 is 5.97 Å². The maximum atomic E-state index is 12.5. The molecule has 1 saturated heterocycles. The van der Waals surface area contributed by atoms with Crippen molar-refractivity contribution < 1.29 is 23.9 Å². The normalized spacial score (nSPS) is 16.0. The van der Waals surface area contributed by atoms with Gasteiger partial charge in [-0.3, -0.25) is 9.59 Å². The van der Waals surface area contributed by atoms with E-state index in [9.17, 15) is 14.4 Å². The van der Waals surface area contributed by atoms with Crippen molar-refractivity contribution in [3.8, 4) is 5.75 Å². The van der Waals surface area contributed by atoms with Crippen molar-refractivity contribution in [3.05, 3.63) is 46.7 Å². The molecule has 0 aliphatic carbocycles. The molecule has 1 aliphatic rings. The van der Waals surface area contributed by atoms with E-state index in [-0.39, 0.29) is 5.91 Å². The minimum Gasteiger partial charge on any atom is -0.497 e. The van der Waals surface area contributed by atoms with Crippen molar-refractivity contribution in [2.24, 2.45) is 0 Å². The van der Waals surface area contributed by atoms with Gasteiger partial charge in [0.15, 0.2) is 6.61 Å². The van der Waals surface area contributed by atoms with Crippen molar-refractivity contribution in [2.75, 3.05) is 25.6 Å². The highest BCUT2D eigenvalue weighted by atomic mass is 32.1. The summed E-state index contributed by atoms with van der Waals surface area (Å²) in [5.74, 6) is -0.492. The smallest absolute Gasteiger partial charge is 0.329 e. The molecule has 0 unspecified atom stereocenters. The fourth-order valence-corrected chi connectivity index (χ4v) is 3.58. The van der Waals surface area contributed by atoms with Crippen LogP contribution in [0.4, 0.5) is 5.69 Å². The maximum absolute atomic E-state index is 12.5. The third-order valence-electron chi connectivity index (χ3n) is 4.24. The lowest BCUT2D eigenvalue weighted by atomic mass is 10.2. The lowest BCUT2D eigenvalue weighted by Gasteiger charge is -2.22. The molecule has 2 amide bonds. The fraction of sp³-hybridized carbons (Fsp3) is 0.316. The number of likely N-dealkylation sites (tertiary alicyclic amines) is 1. The zero-order valence-electron chi connectivity index (χ0n) is 14.8. The average Bonchev–Trinajstić information content (AvgIpc) is 3.38. The second-order valence-corrected chi connectivity index (χ2v) is 6.97. The van der Waals surface area contributed by atoms with Crippen LogP contribution >= 0.6 is 11.3 Å². The lowest BCUT2D eigenvalue weighted by molar-refractivity contribution is -0.151. The number of nitrogens with zero attached hydrogens (tertiary/aromatic N) is 1. The first-order valence-electron chi connectivity index (χ1n) is 8.53. The molecule has 1 aliphatic heterocycles. The van der Waals surface area contributed by atoms with E-state index in [0.29, 0.717) is 29.3 Å². The molecule has 1 atom stereocenters. The number of amides is 2. The molecule has 1 aromatic heterocycles. The summed E-state index contributed by atoms with van der Waals surface area (Å²) in [5, 5.41) is 4.46. The summed E-state index contributed by atoms with van der Waals surface area (Å²) in [6, 6.07) is 9.70. The zero-order chi connectivity index (χ0) is 19.2. The standard InChI is InChI=1S/C19H20N2O5S/c1-25-14-8-6-13(7-9-14)20-17(22)12-26-19(24)15-4-2-10-21(15)18(23)16-5-3-11-27-16/h3,5-9,11,15H,2,4,10,12H2,1H3,(H,20,22)/t15-/m1/s1. The van der Waals surface area contributed by atoms with Crippen molar-refractivity contribution in [2.45, 2.75) is 18.9 Å². The number of hydrogen-bond donors (Lipinski definition) is 1. The van der Waals surface area contributed by atoms with Gasteiger partial charge in [-0.15, -0.1) is 11.3 Å². The minimum atomic E-state index is -0.645. The van der Waals surface area contributed by atoms with Crippen LogP contribution in [-0.4, -0.2) is 49.0 Å². The molecule has 2 heterocycles. The summed E-state index contributed by atoms with van der Waals surface area (Å²) in [4.78, 5) is 39.0. The Morgan fingerprint density at radius 3 is 2.67 bits per heavy atom. The first-order chi connectivity index (χ1) is 13.1. The number of carbonyl (C=O) groups is 3. The van der Waals surface area contributed by atoms with E-state index in [1.165, 1.54) is 16.2 Å². The van der Waals surface area contributed by atoms with Gasteiger partial charge in [0.05, 0.1) is 12.0 Å². The first-order valence-corrected chi connectivity index (χ1v) is 9.41. The zero-order valence-corrected chi connectivity index (χ0v) is 15.7. The summed E-state index contributed by atoms with van der Waals surface area (Å²) in [5.41, 5.74) is 0.576. The third kappa shape index (κ3) is 4.65. The molecule has 0 bridgehead atoms. The number of carbonyl (C=O) groups excluding carboxylic acids is 3. The van der Waals surface area contributed by atoms with E-state index in [1.54, 1.807) is 43.5 Å². The molecule has 2 aromatic rings. The maximum Gasteiger partial charge on any atom is 0.329 e. The molecule has 1 N–H and O–H groups in total. The van der Waals surface area contributed by atoms with Crippen molar-refractivity contribution in [1.29, 1.82) is 0 Å².